The van der Waals surface area contributed by atoms with Crippen molar-refractivity contribution in [1.29, 1.82) is 0 Å². The Morgan fingerprint density at radius 2 is 2.18 bits per heavy atom. The highest BCUT2D eigenvalue weighted by Gasteiger charge is 2.24. The normalized spacial score (nSPS) is 23.8. The monoisotopic (exact) mass is 242 g/mol. The molecule has 0 aromatic rings. The minimum absolute atomic E-state index is 0.622. The van der Waals surface area contributed by atoms with E-state index in [0.29, 0.717) is 12.1 Å². The highest BCUT2D eigenvalue weighted by molar-refractivity contribution is 4.82. The van der Waals surface area contributed by atoms with E-state index < -0.39 is 0 Å². The molecule has 3 heteroatoms. The van der Waals surface area contributed by atoms with Crippen LogP contribution in [-0.2, 0) is 4.74 Å². The maximum absolute atomic E-state index is 5.36. The average Bonchev–Trinajstić information content (AvgIpc) is 2.36. The lowest BCUT2D eigenvalue weighted by molar-refractivity contribution is 0.0617. The van der Waals surface area contributed by atoms with Gasteiger partial charge in [-0.25, -0.2) is 0 Å². The molecule has 1 fully saturated rings. The number of nitrogens with one attached hydrogen (secondary N) is 1. The molecule has 1 rings (SSSR count). The van der Waals surface area contributed by atoms with E-state index in [-0.39, 0.29) is 0 Å². The van der Waals surface area contributed by atoms with Crippen molar-refractivity contribution in [3.05, 3.63) is 0 Å². The first-order chi connectivity index (χ1) is 8.31. The molecule has 1 aliphatic heterocycles. The molecule has 3 nitrogen and oxygen atoms in total. The van der Waals surface area contributed by atoms with Crippen molar-refractivity contribution in [2.24, 2.45) is 0 Å². The SMILES string of the molecule is CCCNC1CCCN(C(CCC)COC)C1. The van der Waals surface area contributed by atoms with Gasteiger partial charge in [0.1, 0.15) is 0 Å². The first-order valence-corrected chi connectivity index (χ1v) is 7.28. The Balaban J connectivity index is 2.39. The number of likely N-dealkylation sites (tertiary alicyclic amines) is 1. The van der Waals surface area contributed by atoms with Crippen LogP contribution in [0.4, 0.5) is 0 Å². The minimum Gasteiger partial charge on any atom is -0.383 e. The predicted molar refractivity (Wildman–Crippen MR) is 73.5 cm³/mol. The van der Waals surface area contributed by atoms with Gasteiger partial charge in [-0.2, -0.15) is 0 Å². The van der Waals surface area contributed by atoms with Gasteiger partial charge in [-0.3, -0.25) is 4.90 Å². The van der Waals surface area contributed by atoms with Crippen LogP contribution < -0.4 is 5.32 Å². The van der Waals surface area contributed by atoms with Crippen molar-refractivity contribution in [2.45, 2.75) is 58.0 Å². The first kappa shape index (κ1) is 14.9. The Labute approximate surface area is 107 Å². The summed E-state index contributed by atoms with van der Waals surface area (Å²) < 4.78 is 5.36. The van der Waals surface area contributed by atoms with E-state index in [1.54, 1.807) is 0 Å². The second-order valence-electron chi connectivity index (χ2n) is 5.19. The van der Waals surface area contributed by atoms with Crippen LogP contribution >= 0.6 is 0 Å². The van der Waals surface area contributed by atoms with Crippen LogP contribution in [0.2, 0.25) is 0 Å². The Morgan fingerprint density at radius 1 is 1.35 bits per heavy atom. The van der Waals surface area contributed by atoms with E-state index in [1.165, 1.54) is 45.2 Å². The van der Waals surface area contributed by atoms with Gasteiger partial charge < -0.3 is 10.1 Å². The van der Waals surface area contributed by atoms with Crippen molar-refractivity contribution < 1.29 is 4.74 Å². The Kier molecular flexibility index (Phi) is 7.82. The molecular weight excluding hydrogens is 212 g/mol. The van der Waals surface area contributed by atoms with Crippen molar-refractivity contribution in [2.75, 3.05) is 33.4 Å². The fourth-order valence-corrected chi connectivity index (χ4v) is 2.75. The minimum atomic E-state index is 0.622. The fraction of sp³-hybridized carbons (Fsp3) is 1.00. The summed E-state index contributed by atoms with van der Waals surface area (Å²) in [6, 6.07) is 1.32. The van der Waals surface area contributed by atoms with Crippen LogP contribution in [0.1, 0.15) is 46.0 Å². The molecule has 1 N–H and O–H groups in total. The van der Waals surface area contributed by atoms with Gasteiger partial charge in [0.2, 0.25) is 0 Å². The number of ether oxygens (including phenoxy) is 1. The average molecular weight is 242 g/mol. The zero-order valence-corrected chi connectivity index (χ0v) is 11.9. The van der Waals surface area contributed by atoms with E-state index >= 15 is 0 Å². The third-order valence-electron chi connectivity index (χ3n) is 3.63. The summed E-state index contributed by atoms with van der Waals surface area (Å²) in [5.74, 6) is 0. The van der Waals surface area contributed by atoms with Gasteiger partial charge in [-0.05, 0) is 38.8 Å². The molecule has 1 heterocycles. The van der Waals surface area contributed by atoms with Gasteiger partial charge in [0.05, 0.1) is 6.61 Å². The van der Waals surface area contributed by atoms with Gasteiger partial charge in [0, 0.05) is 25.7 Å². The molecule has 0 saturated carbocycles. The zero-order valence-electron chi connectivity index (χ0n) is 11.9. The molecule has 0 bridgehead atoms. The molecular formula is C14H30N2O. The highest BCUT2D eigenvalue weighted by Crippen LogP contribution is 2.16. The third kappa shape index (κ3) is 5.36. The summed E-state index contributed by atoms with van der Waals surface area (Å²) in [7, 11) is 1.82. The molecule has 2 unspecified atom stereocenters. The molecule has 1 aliphatic rings. The van der Waals surface area contributed by atoms with Crippen molar-refractivity contribution >= 4 is 0 Å². The van der Waals surface area contributed by atoms with Crippen molar-refractivity contribution in [1.82, 2.24) is 10.2 Å². The van der Waals surface area contributed by atoms with Crippen LogP contribution in [-0.4, -0.2) is 50.3 Å². The van der Waals surface area contributed by atoms with E-state index in [4.69, 9.17) is 4.74 Å². The van der Waals surface area contributed by atoms with Gasteiger partial charge >= 0.3 is 0 Å². The Morgan fingerprint density at radius 3 is 2.82 bits per heavy atom. The Hall–Kier alpha value is -0.120. The summed E-state index contributed by atoms with van der Waals surface area (Å²) in [5, 5.41) is 3.66. The first-order valence-electron chi connectivity index (χ1n) is 7.28. The standard InChI is InChI=1S/C14H30N2O/c1-4-7-14(12-17-3)16-10-6-8-13(11-16)15-9-5-2/h13-15H,4-12H2,1-3H3. The molecule has 0 aromatic carbocycles. The molecule has 0 aromatic heterocycles. The molecule has 17 heavy (non-hydrogen) atoms. The number of hydrogen-bond acceptors (Lipinski definition) is 3. The number of piperidine rings is 1. The molecule has 2 atom stereocenters. The third-order valence-corrected chi connectivity index (χ3v) is 3.63. The van der Waals surface area contributed by atoms with Gasteiger partial charge in [0.15, 0.2) is 0 Å². The smallest absolute Gasteiger partial charge is 0.0618 e. The molecule has 1 saturated heterocycles. The summed E-state index contributed by atoms with van der Waals surface area (Å²) in [6.45, 7) is 8.99. The molecule has 0 spiro atoms. The number of nitrogens with zero attached hydrogens (tertiary/aromatic N) is 1. The number of rotatable bonds is 8. The second kappa shape index (κ2) is 8.90. The van der Waals surface area contributed by atoms with Crippen LogP contribution in [0.3, 0.4) is 0 Å². The van der Waals surface area contributed by atoms with E-state index in [1.807, 2.05) is 7.11 Å². The lowest BCUT2D eigenvalue weighted by Gasteiger charge is -2.38. The summed E-state index contributed by atoms with van der Waals surface area (Å²) in [5.41, 5.74) is 0. The van der Waals surface area contributed by atoms with Crippen molar-refractivity contribution in [3.8, 4) is 0 Å². The predicted octanol–water partition coefficient (Wildman–Crippen LogP) is 2.27. The van der Waals surface area contributed by atoms with Crippen LogP contribution in [0, 0.1) is 0 Å². The van der Waals surface area contributed by atoms with Crippen LogP contribution in [0.25, 0.3) is 0 Å². The van der Waals surface area contributed by atoms with Crippen LogP contribution in [0.15, 0.2) is 0 Å². The van der Waals surface area contributed by atoms with E-state index in [0.717, 1.165) is 13.2 Å². The summed E-state index contributed by atoms with van der Waals surface area (Å²) >= 11 is 0. The van der Waals surface area contributed by atoms with Gasteiger partial charge in [-0.1, -0.05) is 20.3 Å². The van der Waals surface area contributed by atoms with Crippen LogP contribution in [0.5, 0.6) is 0 Å². The number of methoxy groups -OCH3 is 1. The van der Waals surface area contributed by atoms with Crippen molar-refractivity contribution in [3.63, 3.8) is 0 Å². The fourth-order valence-electron chi connectivity index (χ4n) is 2.75. The van der Waals surface area contributed by atoms with Gasteiger partial charge in [0.25, 0.3) is 0 Å². The maximum Gasteiger partial charge on any atom is 0.0618 e. The Bertz CT molecular complexity index is 181. The summed E-state index contributed by atoms with van der Waals surface area (Å²) in [4.78, 5) is 2.63. The summed E-state index contributed by atoms with van der Waals surface area (Å²) in [6.07, 6.45) is 6.40. The topological polar surface area (TPSA) is 24.5 Å². The lowest BCUT2D eigenvalue weighted by atomic mass is 10.0. The maximum atomic E-state index is 5.36. The second-order valence-corrected chi connectivity index (χ2v) is 5.19. The quantitative estimate of drug-likeness (QED) is 0.706. The van der Waals surface area contributed by atoms with E-state index in [9.17, 15) is 0 Å². The molecule has 102 valence electrons. The largest absolute Gasteiger partial charge is 0.383 e. The number of hydrogen-bond donors (Lipinski definition) is 1. The zero-order chi connectivity index (χ0) is 12.5. The lowest BCUT2D eigenvalue weighted by Crippen LogP contribution is -2.50. The molecule has 0 aliphatic carbocycles. The van der Waals surface area contributed by atoms with Gasteiger partial charge in [-0.15, -0.1) is 0 Å². The highest BCUT2D eigenvalue weighted by atomic mass is 16.5. The molecule has 0 radical (unpaired) electrons. The van der Waals surface area contributed by atoms with E-state index in [2.05, 4.69) is 24.1 Å². The molecule has 0 amide bonds.